The summed E-state index contributed by atoms with van der Waals surface area (Å²) < 4.78 is 17.4. The molecule has 0 amide bonds. The molecular weight excluding hydrogens is 199 g/mol. The van der Waals surface area contributed by atoms with Gasteiger partial charge in [0.25, 0.3) is 0 Å². The number of halogens is 1. The van der Waals surface area contributed by atoms with Gasteiger partial charge in [0.2, 0.25) is 0 Å². The smallest absolute Gasteiger partial charge is 0.348 e. The van der Waals surface area contributed by atoms with Crippen LogP contribution in [-0.4, -0.2) is 18.1 Å². The van der Waals surface area contributed by atoms with E-state index in [-0.39, 0.29) is 11.1 Å². The third kappa shape index (κ3) is 2.61. The van der Waals surface area contributed by atoms with Gasteiger partial charge in [-0.05, 0) is 12.1 Å². The van der Waals surface area contributed by atoms with E-state index in [0.29, 0.717) is 0 Å². The zero-order chi connectivity index (χ0) is 11.3. The molecule has 0 aliphatic carbocycles. The number of nitriles is 1. The Hall–Kier alpha value is -2.22. The molecule has 1 rings (SSSR count). The van der Waals surface area contributed by atoms with Crippen LogP contribution in [0, 0.1) is 17.1 Å². The molecule has 0 fully saturated rings. The predicted molar refractivity (Wildman–Crippen MR) is 49.8 cm³/mol. The van der Waals surface area contributed by atoms with Crippen LogP contribution in [0.25, 0.3) is 6.08 Å². The predicted octanol–water partition coefficient (Wildman–Crippen LogP) is 1.30. The lowest BCUT2D eigenvalue weighted by molar-refractivity contribution is -0.135. The Bertz CT molecular complexity index is 449. The van der Waals surface area contributed by atoms with E-state index < -0.39 is 11.8 Å². The number of ether oxygens (including phenoxy) is 1. The summed E-state index contributed by atoms with van der Waals surface area (Å²) >= 11 is 0. The summed E-state index contributed by atoms with van der Waals surface area (Å²) in [5.41, 5.74) is -0.144. The Balaban J connectivity index is 3.11. The number of methoxy groups -OCH3 is 1. The van der Waals surface area contributed by atoms with E-state index in [0.717, 1.165) is 19.4 Å². The number of rotatable bonds is 2. The highest BCUT2D eigenvalue weighted by molar-refractivity contribution is 5.97. The van der Waals surface area contributed by atoms with Crippen LogP contribution in [0.15, 0.2) is 24.0 Å². The molecule has 0 atom stereocenters. The number of hydrogen-bond acceptors (Lipinski definition) is 4. The van der Waals surface area contributed by atoms with Crippen molar-refractivity contribution in [2.24, 2.45) is 0 Å². The van der Waals surface area contributed by atoms with Crippen LogP contribution in [-0.2, 0) is 9.53 Å². The second-order valence-corrected chi connectivity index (χ2v) is 2.56. The highest BCUT2D eigenvalue weighted by atomic mass is 19.1. The van der Waals surface area contributed by atoms with Gasteiger partial charge in [-0.25, -0.2) is 9.18 Å². The van der Waals surface area contributed by atoms with Crippen molar-refractivity contribution < 1.29 is 13.9 Å². The highest BCUT2D eigenvalue weighted by Crippen LogP contribution is 2.10. The van der Waals surface area contributed by atoms with E-state index in [1.807, 2.05) is 0 Å². The third-order valence-electron chi connectivity index (χ3n) is 1.63. The lowest BCUT2D eigenvalue weighted by atomic mass is 10.1. The lowest BCUT2D eigenvalue weighted by Gasteiger charge is -1.97. The molecular formula is C10H7FN2O2. The molecule has 0 unspecified atom stereocenters. The van der Waals surface area contributed by atoms with Crippen molar-refractivity contribution in [1.29, 1.82) is 5.26 Å². The number of hydrogen-bond donors (Lipinski definition) is 0. The number of pyridine rings is 1. The van der Waals surface area contributed by atoms with Crippen molar-refractivity contribution in [3.8, 4) is 6.07 Å². The summed E-state index contributed by atoms with van der Waals surface area (Å²) in [5, 5.41) is 8.62. The minimum absolute atomic E-state index is 0.118. The van der Waals surface area contributed by atoms with E-state index in [9.17, 15) is 9.18 Å². The second-order valence-electron chi connectivity index (χ2n) is 2.56. The third-order valence-corrected chi connectivity index (χ3v) is 1.63. The van der Waals surface area contributed by atoms with Gasteiger partial charge in [0.1, 0.15) is 17.5 Å². The van der Waals surface area contributed by atoms with E-state index in [1.165, 1.54) is 12.3 Å². The van der Waals surface area contributed by atoms with Crippen molar-refractivity contribution in [1.82, 2.24) is 4.98 Å². The molecule has 0 bridgehead atoms. The Labute approximate surface area is 85.6 Å². The van der Waals surface area contributed by atoms with Crippen molar-refractivity contribution in [3.63, 3.8) is 0 Å². The van der Waals surface area contributed by atoms with Gasteiger partial charge >= 0.3 is 5.97 Å². The fourth-order valence-corrected chi connectivity index (χ4v) is 0.905. The first-order valence-corrected chi connectivity index (χ1v) is 3.98. The molecule has 5 heteroatoms. The van der Waals surface area contributed by atoms with Gasteiger partial charge in [0.15, 0.2) is 0 Å². The van der Waals surface area contributed by atoms with Gasteiger partial charge in [-0.3, -0.25) is 4.98 Å². The molecule has 76 valence electrons. The molecule has 1 heterocycles. The topological polar surface area (TPSA) is 63.0 Å². The first kappa shape index (κ1) is 10.9. The monoisotopic (exact) mass is 206 g/mol. The number of aromatic nitrogens is 1. The molecule has 0 radical (unpaired) electrons. The first-order chi connectivity index (χ1) is 7.19. The quantitative estimate of drug-likeness (QED) is 0.415. The Kier molecular flexibility index (Phi) is 3.52. The summed E-state index contributed by atoms with van der Waals surface area (Å²) in [4.78, 5) is 14.5. The van der Waals surface area contributed by atoms with Crippen LogP contribution in [0.1, 0.15) is 5.56 Å². The van der Waals surface area contributed by atoms with Gasteiger partial charge in [0.05, 0.1) is 13.3 Å². The van der Waals surface area contributed by atoms with Crippen molar-refractivity contribution in [3.05, 3.63) is 35.4 Å². The average Bonchev–Trinajstić information content (AvgIpc) is 2.27. The maximum Gasteiger partial charge on any atom is 0.348 e. The minimum atomic E-state index is -0.797. The van der Waals surface area contributed by atoms with Gasteiger partial charge < -0.3 is 4.74 Å². The average molecular weight is 206 g/mol. The summed E-state index contributed by atoms with van der Waals surface area (Å²) in [6, 6.07) is 2.98. The zero-order valence-electron chi connectivity index (χ0n) is 7.90. The van der Waals surface area contributed by atoms with Gasteiger partial charge in [0, 0.05) is 11.8 Å². The normalized spacial score (nSPS) is 10.6. The molecule has 4 nitrogen and oxygen atoms in total. The molecule has 1 aromatic rings. The number of nitrogens with zero attached hydrogens (tertiary/aromatic N) is 2. The number of esters is 1. The number of carbonyl (C=O) groups excluding carboxylic acids is 1. The molecule has 0 saturated carbocycles. The Morgan fingerprint density at radius 2 is 2.47 bits per heavy atom. The zero-order valence-corrected chi connectivity index (χ0v) is 7.90. The van der Waals surface area contributed by atoms with Crippen molar-refractivity contribution in [2.75, 3.05) is 7.11 Å². The number of carbonyl (C=O) groups is 1. The summed E-state index contributed by atoms with van der Waals surface area (Å²) in [6.07, 6.45) is 3.47. The molecule has 0 saturated heterocycles. The molecule has 0 aliphatic rings. The molecule has 0 aromatic carbocycles. The molecule has 15 heavy (non-hydrogen) atoms. The SMILES string of the molecule is COC(=O)C(C#N)=Cc1ccncc1F. The van der Waals surface area contributed by atoms with Crippen LogP contribution in [0.5, 0.6) is 0 Å². The molecule has 1 aromatic heterocycles. The molecule has 0 N–H and O–H groups in total. The fraction of sp³-hybridized carbons (Fsp3) is 0.100. The maximum atomic E-state index is 13.1. The van der Waals surface area contributed by atoms with Gasteiger partial charge in [-0.15, -0.1) is 0 Å². The summed E-state index contributed by atoms with van der Waals surface area (Å²) in [5.74, 6) is -1.40. The fourth-order valence-electron chi connectivity index (χ4n) is 0.905. The molecule has 0 aliphatic heterocycles. The van der Waals surface area contributed by atoms with Gasteiger partial charge in [-0.1, -0.05) is 0 Å². The highest BCUT2D eigenvalue weighted by Gasteiger charge is 2.09. The van der Waals surface area contributed by atoms with Crippen molar-refractivity contribution in [2.45, 2.75) is 0 Å². The van der Waals surface area contributed by atoms with Gasteiger partial charge in [-0.2, -0.15) is 5.26 Å². The first-order valence-electron chi connectivity index (χ1n) is 3.98. The van der Waals surface area contributed by atoms with Crippen LogP contribution < -0.4 is 0 Å². The van der Waals surface area contributed by atoms with Crippen LogP contribution in [0.4, 0.5) is 4.39 Å². The van der Waals surface area contributed by atoms with E-state index >= 15 is 0 Å². The minimum Gasteiger partial charge on any atom is -0.465 e. The van der Waals surface area contributed by atoms with E-state index in [4.69, 9.17) is 5.26 Å². The summed E-state index contributed by atoms with van der Waals surface area (Å²) in [7, 11) is 1.15. The Morgan fingerprint density at radius 3 is 3.00 bits per heavy atom. The van der Waals surface area contributed by atoms with Crippen LogP contribution >= 0.6 is 0 Å². The van der Waals surface area contributed by atoms with E-state index in [2.05, 4.69) is 9.72 Å². The summed E-state index contributed by atoms with van der Waals surface area (Å²) in [6.45, 7) is 0. The Morgan fingerprint density at radius 1 is 1.73 bits per heavy atom. The van der Waals surface area contributed by atoms with Crippen LogP contribution in [0.2, 0.25) is 0 Å². The largest absolute Gasteiger partial charge is 0.465 e. The lowest BCUT2D eigenvalue weighted by Crippen LogP contribution is -2.02. The standard InChI is InChI=1S/C10H7FN2O2/c1-15-10(14)8(5-12)4-7-2-3-13-6-9(7)11/h2-4,6H,1H3. The van der Waals surface area contributed by atoms with E-state index in [1.54, 1.807) is 6.07 Å². The second kappa shape index (κ2) is 4.86. The van der Waals surface area contributed by atoms with Crippen molar-refractivity contribution >= 4 is 12.0 Å². The maximum absolute atomic E-state index is 13.1. The molecule has 0 spiro atoms. The van der Waals surface area contributed by atoms with Crippen LogP contribution in [0.3, 0.4) is 0 Å².